The summed E-state index contributed by atoms with van der Waals surface area (Å²) in [5.74, 6) is 0.522. The highest BCUT2D eigenvalue weighted by atomic mass is 19.1. The fourth-order valence-corrected chi connectivity index (χ4v) is 2.14. The summed E-state index contributed by atoms with van der Waals surface area (Å²) in [5.41, 5.74) is 5.70. The van der Waals surface area contributed by atoms with Crippen LogP contribution in [-0.2, 0) is 11.2 Å². The van der Waals surface area contributed by atoms with Gasteiger partial charge < -0.3 is 15.6 Å². The smallest absolute Gasteiger partial charge is 0.242 e. The lowest BCUT2D eigenvalue weighted by Gasteiger charge is -2.15. The molecule has 1 aliphatic rings. The molecule has 2 aromatic rings. The van der Waals surface area contributed by atoms with Crippen LogP contribution in [0.1, 0.15) is 32.5 Å². The maximum Gasteiger partial charge on any atom is 0.242 e. The van der Waals surface area contributed by atoms with Gasteiger partial charge >= 0.3 is 0 Å². The van der Waals surface area contributed by atoms with E-state index in [9.17, 15) is 4.39 Å². The van der Waals surface area contributed by atoms with Crippen molar-refractivity contribution in [2.75, 3.05) is 18.9 Å². The van der Waals surface area contributed by atoms with Crippen molar-refractivity contribution in [2.24, 2.45) is 5.92 Å². The number of ether oxygens (including phenoxy) is 1. The Balaban J connectivity index is 0.000000211. The fourth-order valence-electron chi connectivity index (χ4n) is 2.14. The first-order valence-electron chi connectivity index (χ1n) is 7.38. The molecule has 1 saturated heterocycles. The zero-order chi connectivity index (χ0) is 16.1. The Labute approximate surface area is 128 Å². The van der Waals surface area contributed by atoms with Crippen LogP contribution in [0.4, 0.5) is 10.3 Å². The highest BCUT2D eigenvalue weighted by molar-refractivity contribution is 5.45. The lowest BCUT2D eigenvalue weighted by Crippen LogP contribution is -2.21. The Kier molecular flexibility index (Phi) is 5.62. The summed E-state index contributed by atoms with van der Waals surface area (Å²) >= 11 is 0. The third-order valence-electron chi connectivity index (χ3n) is 3.16. The van der Waals surface area contributed by atoms with E-state index in [2.05, 4.69) is 15.1 Å². The number of aromatic nitrogens is 4. The van der Waals surface area contributed by atoms with Crippen molar-refractivity contribution in [3.63, 3.8) is 0 Å². The van der Waals surface area contributed by atoms with Gasteiger partial charge in [-0.2, -0.15) is 4.39 Å². The van der Waals surface area contributed by atoms with Crippen molar-refractivity contribution in [3.8, 4) is 0 Å². The Morgan fingerprint density at radius 3 is 2.86 bits per heavy atom. The number of halogens is 1. The maximum absolute atomic E-state index is 13.3. The van der Waals surface area contributed by atoms with Gasteiger partial charge in [-0.3, -0.25) is 0 Å². The first-order chi connectivity index (χ1) is 10.5. The topological polar surface area (TPSA) is 98.6 Å². The van der Waals surface area contributed by atoms with Crippen molar-refractivity contribution in [1.82, 2.24) is 19.6 Å². The summed E-state index contributed by atoms with van der Waals surface area (Å²) in [6.07, 6.45) is 3.74. The number of imidazole rings is 1. The van der Waals surface area contributed by atoms with Crippen LogP contribution in [0.15, 0.2) is 6.20 Å². The largest absolute Gasteiger partial charge is 0.391 e. The van der Waals surface area contributed by atoms with Gasteiger partial charge in [0.15, 0.2) is 0 Å². The predicted molar refractivity (Wildman–Crippen MR) is 79.8 cm³/mol. The molecule has 0 aliphatic carbocycles. The second-order valence-corrected chi connectivity index (χ2v) is 5.70. The minimum Gasteiger partial charge on any atom is -0.391 e. The molecule has 0 amide bonds. The zero-order valence-electron chi connectivity index (χ0n) is 12.9. The van der Waals surface area contributed by atoms with E-state index in [1.165, 1.54) is 10.7 Å². The predicted octanol–water partition coefficient (Wildman–Crippen LogP) is 1.20. The number of fused-ring (bicyclic) bond motifs is 1. The highest BCUT2D eigenvalue weighted by Crippen LogP contribution is 2.13. The molecular weight excluding hydrogens is 289 g/mol. The van der Waals surface area contributed by atoms with Crippen LogP contribution in [-0.4, -0.2) is 44.0 Å². The molecule has 122 valence electrons. The average Bonchev–Trinajstić information content (AvgIpc) is 2.75. The summed E-state index contributed by atoms with van der Waals surface area (Å²) in [7, 11) is 0. The van der Waals surface area contributed by atoms with Crippen molar-refractivity contribution in [3.05, 3.63) is 18.0 Å². The molecule has 0 spiro atoms. The van der Waals surface area contributed by atoms with E-state index in [4.69, 9.17) is 15.6 Å². The van der Waals surface area contributed by atoms with Crippen LogP contribution in [0.5, 0.6) is 0 Å². The lowest BCUT2D eigenvalue weighted by atomic mass is 10.1. The molecule has 1 fully saturated rings. The fraction of sp³-hybridized carbons (Fsp3) is 0.643. The molecule has 0 aromatic carbocycles. The number of hydrogen-bond acceptors (Lipinski definition) is 6. The van der Waals surface area contributed by atoms with Crippen LogP contribution >= 0.6 is 0 Å². The molecule has 2 aromatic heterocycles. The van der Waals surface area contributed by atoms with Gasteiger partial charge in [-0.25, -0.2) is 14.5 Å². The molecule has 0 bridgehead atoms. The van der Waals surface area contributed by atoms with Crippen LogP contribution in [0, 0.1) is 11.9 Å². The highest BCUT2D eigenvalue weighted by Gasteiger charge is 2.13. The number of aliphatic hydroxyl groups excluding tert-OH is 1. The average molecular weight is 311 g/mol. The SMILES string of the molecule is CC(C)Cc1nc(F)c2cnc(N)nn12.OC1CCCOC1. The van der Waals surface area contributed by atoms with Crippen molar-refractivity contribution in [2.45, 2.75) is 39.2 Å². The number of nitrogens with two attached hydrogens (primary N) is 1. The van der Waals surface area contributed by atoms with E-state index in [0.717, 1.165) is 19.4 Å². The third-order valence-corrected chi connectivity index (χ3v) is 3.16. The van der Waals surface area contributed by atoms with Gasteiger partial charge in [0, 0.05) is 13.0 Å². The number of aliphatic hydroxyl groups is 1. The van der Waals surface area contributed by atoms with Crippen LogP contribution in [0.25, 0.3) is 5.52 Å². The molecule has 0 radical (unpaired) electrons. The number of hydrogen-bond donors (Lipinski definition) is 2. The number of nitrogen functional groups attached to an aromatic ring is 1. The van der Waals surface area contributed by atoms with Crippen molar-refractivity contribution < 1.29 is 14.2 Å². The number of nitrogens with zero attached hydrogens (tertiary/aromatic N) is 4. The van der Waals surface area contributed by atoms with Gasteiger partial charge in [0.25, 0.3) is 0 Å². The molecule has 3 heterocycles. The quantitative estimate of drug-likeness (QED) is 0.865. The zero-order valence-corrected chi connectivity index (χ0v) is 12.9. The van der Waals surface area contributed by atoms with E-state index in [1.807, 2.05) is 13.8 Å². The Morgan fingerprint density at radius 1 is 1.55 bits per heavy atom. The first kappa shape index (κ1) is 16.6. The minimum absolute atomic E-state index is 0.116. The molecule has 1 atom stereocenters. The molecule has 0 saturated carbocycles. The monoisotopic (exact) mass is 311 g/mol. The summed E-state index contributed by atoms with van der Waals surface area (Å²) in [6, 6.07) is 0. The molecular formula is C14H22FN5O2. The van der Waals surface area contributed by atoms with E-state index in [1.54, 1.807) is 0 Å². The summed E-state index contributed by atoms with van der Waals surface area (Å²) in [5, 5.41) is 12.7. The van der Waals surface area contributed by atoms with Crippen molar-refractivity contribution in [1.29, 1.82) is 0 Å². The van der Waals surface area contributed by atoms with E-state index in [0.29, 0.717) is 24.8 Å². The van der Waals surface area contributed by atoms with Crippen LogP contribution in [0.3, 0.4) is 0 Å². The maximum atomic E-state index is 13.3. The van der Waals surface area contributed by atoms with E-state index >= 15 is 0 Å². The minimum atomic E-state index is -0.550. The second-order valence-electron chi connectivity index (χ2n) is 5.70. The Morgan fingerprint density at radius 2 is 2.32 bits per heavy atom. The molecule has 3 rings (SSSR count). The van der Waals surface area contributed by atoms with Gasteiger partial charge in [0.2, 0.25) is 11.9 Å². The first-order valence-corrected chi connectivity index (χ1v) is 7.38. The molecule has 1 aliphatic heterocycles. The summed E-state index contributed by atoms with van der Waals surface area (Å²) < 4.78 is 19.7. The Hall–Kier alpha value is -1.80. The van der Waals surface area contributed by atoms with Gasteiger partial charge in [0.05, 0.1) is 18.9 Å². The number of rotatable bonds is 2. The van der Waals surface area contributed by atoms with E-state index < -0.39 is 5.95 Å². The van der Waals surface area contributed by atoms with Crippen LogP contribution in [0.2, 0.25) is 0 Å². The lowest BCUT2D eigenvalue weighted by molar-refractivity contribution is -0.00535. The molecule has 8 heteroatoms. The summed E-state index contributed by atoms with van der Waals surface area (Å²) in [6.45, 7) is 5.43. The summed E-state index contributed by atoms with van der Waals surface area (Å²) in [4.78, 5) is 7.54. The van der Waals surface area contributed by atoms with Gasteiger partial charge in [0.1, 0.15) is 11.3 Å². The van der Waals surface area contributed by atoms with Gasteiger partial charge in [-0.05, 0) is 18.8 Å². The molecule has 1 unspecified atom stereocenters. The molecule has 7 nitrogen and oxygen atoms in total. The molecule has 22 heavy (non-hydrogen) atoms. The second kappa shape index (κ2) is 7.46. The van der Waals surface area contributed by atoms with Crippen LogP contribution < -0.4 is 5.73 Å². The van der Waals surface area contributed by atoms with Gasteiger partial charge in [-0.15, -0.1) is 5.10 Å². The standard InChI is InChI=1S/C9H12FN5.C5H10O2/c1-5(2)3-7-13-8(10)6-4-12-9(11)14-15(6)7;6-5-2-1-3-7-4-5/h4-5H,3H2,1-2H3,(H2,11,14);5-6H,1-4H2. The van der Waals surface area contributed by atoms with Crippen molar-refractivity contribution >= 4 is 11.5 Å². The number of anilines is 1. The van der Waals surface area contributed by atoms with E-state index in [-0.39, 0.29) is 17.6 Å². The van der Waals surface area contributed by atoms with Gasteiger partial charge in [-0.1, -0.05) is 13.8 Å². The third kappa shape index (κ3) is 4.35. The normalized spacial score (nSPS) is 18.3. The Bertz CT molecular complexity index is 611. The molecule has 3 N–H and O–H groups in total.